The van der Waals surface area contributed by atoms with Gasteiger partial charge in [-0.2, -0.15) is 0 Å². The van der Waals surface area contributed by atoms with Crippen molar-refractivity contribution in [3.05, 3.63) is 0 Å². The average Bonchev–Trinajstić information content (AvgIpc) is 1.36. The van der Waals surface area contributed by atoms with Crippen LogP contribution in [0.15, 0.2) is 0 Å². The quantitative estimate of drug-likeness (QED) is 0.211. The standard InChI is InChI=1S/Co.H2O4S.H2O2/c;1-5(2,3)4;1-2/h;(H2,1,2,3,4);1-2H/q+2;;/p-2. The Hall–Kier alpha value is 0.296. The zero-order valence-corrected chi connectivity index (χ0v) is 5.13. The van der Waals surface area contributed by atoms with Gasteiger partial charge in [0.05, 0.1) is 0 Å². The molecule has 8 heteroatoms. The predicted octanol–water partition coefficient (Wildman–Crippen LogP) is -1.32. The maximum absolute atomic E-state index is 8.52. The Labute approximate surface area is 55.8 Å². The van der Waals surface area contributed by atoms with Crippen LogP contribution >= 0.6 is 0 Å². The molecule has 0 spiro atoms. The normalized spacial score (nSPS) is 8.00. The maximum atomic E-state index is 8.52. The van der Waals surface area contributed by atoms with Gasteiger partial charge in [-0.25, -0.2) is 0 Å². The first kappa shape index (κ1) is 15.7. The maximum Gasteiger partial charge on any atom is 2.00 e. The molecule has 0 atom stereocenters. The molecular formula is H2CoO6S. The first-order valence-electron chi connectivity index (χ1n) is 0.867. The summed E-state index contributed by atoms with van der Waals surface area (Å²) in [6.45, 7) is 0. The molecule has 0 heterocycles. The summed E-state index contributed by atoms with van der Waals surface area (Å²) in [5.74, 6) is 0. The third-order valence-corrected chi connectivity index (χ3v) is 0. The van der Waals surface area contributed by atoms with E-state index in [1.54, 1.807) is 0 Å². The van der Waals surface area contributed by atoms with Crippen molar-refractivity contribution in [2.45, 2.75) is 0 Å². The van der Waals surface area contributed by atoms with Crippen molar-refractivity contribution in [1.29, 1.82) is 0 Å². The molecule has 0 aliphatic heterocycles. The smallest absolute Gasteiger partial charge is 0.759 e. The molecule has 0 rings (SSSR count). The zero-order valence-electron chi connectivity index (χ0n) is 3.27. The summed E-state index contributed by atoms with van der Waals surface area (Å²) < 4.78 is 34.1. The Morgan fingerprint density at radius 1 is 1.12 bits per heavy atom. The fraction of sp³-hybridized carbons (Fsp3) is 0. The minimum Gasteiger partial charge on any atom is -0.759 e. The van der Waals surface area contributed by atoms with E-state index < -0.39 is 10.4 Å². The van der Waals surface area contributed by atoms with Gasteiger partial charge in [0.1, 0.15) is 0 Å². The molecule has 0 unspecified atom stereocenters. The van der Waals surface area contributed by atoms with Gasteiger partial charge in [0.15, 0.2) is 0 Å². The van der Waals surface area contributed by atoms with Gasteiger partial charge in [-0.1, -0.05) is 0 Å². The SMILES string of the molecule is O=S(=O)([O-])[O-].OO.[Co+2]. The van der Waals surface area contributed by atoms with Gasteiger partial charge in [0, 0.05) is 10.4 Å². The van der Waals surface area contributed by atoms with Gasteiger partial charge in [-0.3, -0.25) is 18.9 Å². The minimum absolute atomic E-state index is 0. The molecule has 0 aromatic carbocycles. The Kier molecular flexibility index (Phi) is 14.4. The molecular weight excluding hydrogens is 187 g/mol. The Morgan fingerprint density at radius 2 is 1.12 bits per heavy atom. The van der Waals surface area contributed by atoms with Crippen LogP contribution in [-0.2, 0) is 27.2 Å². The predicted molar refractivity (Wildman–Crippen MR) is 15.7 cm³/mol. The van der Waals surface area contributed by atoms with Crippen molar-refractivity contribution in [3.63, 3.8) is 0 Å². The van der Waals surface area contributed by atoms with Crippen molar-refractivity contribution in [2.75, 3.05) is 0 Å². The van der Waals surface area contributed by atoms with Crippen LogP contribution in [0, 0.1) is 0 Å². The van der Waals surface area contributed by atoms with Gasteiger partial charge in [-0.05, 0) is 0 Å². The molecule has 0 aromatic heterocycles. The van der Waals surface area contributed by atoms with Gasteiger partial charge < -0.3 is 9.11 Å². The second-order valence-corrected chi connectivity index (χ2v) is 1.22. The number of hydrogen-bond donors (Lipinski definition) is 2. The zero-order chi connectivity index (χ0) is 6.50. The first-order chi connectivity index (χ1) is 3.00. The van der Waals surface area contributed by atoms with Gasteiger partial charge in [0.25, 0.3) is 0 Å². The van der Waals surface area contributed by atoms with Gasteiger partial charge >= 0.3 is 16.8 Å². The Balaban J connectivity index is -0.0000000750. The Bertz CT molecular complexity index is 91.7. The molecule has 53 valence electrons. The van der Waals surface area contributed by atoms with E-state index >= 15 is 0 Å². The summed E-state index contributed by atoms with van der Waals surface area (Å²) in [5.41, 5.74) is 0. The summed E-state index contributed by atoms with van der Waals surface area (Å²) in [5, 5.41) is 12.0. The van der Waals surface area contributed by atoms with Crippen LogP contribution in [0.1, 0.15) is 0 Å². The van der Waals surface area contributed by atoms with Crippen molar-refractivity contribution < 1.29 is 44.8 Å². The average molecular weight is 189 g/mol. The van der Waals surface area contributed by atoms with E-state index in [1.807, 2.05) is 0 Å². The van der Waals surface area contributed by atoms with E-state index in [2.05, 4.69) is 0 Å². The largest absolute Gasteiger partial charge is 2.00 e. The summed E-state index contributed by atoms with van der Waals surface area (Å²) in [7, 11) is -5.17. The van der Waals surface area contributed by atoms with Crippen molar-refractivity contribution >= 4 is 10.4 Å². The topological polar surface area (TPSA) is 121 Å². The molecule has 0 aliphatic rings. The van der Waals surface area contributed by atoms with Crippen LogP contribution in [-0.4, -0.2) is 28.0 Å². The molecule has 0 fully saturated rings. The van der Waals surface area contributed by atoms with Crippen molar-refractivity contribution in [1.82, 2.24) is 0 Å². The third kappa shape index (κ3) is 2010. The van der Waals surface area contributed by atoms with E-state index in [0.29, 0.717) is 0 Å². The van der Waals surface area contributed by atoms with Crippen LogP contribution < -0.4 is 0 Å². The summed E-state index contributed by atoms with van der Waals surface area (Å²) >= 11 is 0. The number of rotatable bonds is 0. The van der Waals surface area contributed by atoms with Gasteiger partial charge in [-0.15, -0.1) is 0 Å². The number of hydrogen-bond acceptors (Lipinski definition) is 6. The molecule has 0 amide bonds. The first-order valence-corrected chi connectivity index (χ1v) is 2.20. The van der Waals surface area contributed by atoms with Crippen LogP contribution in [0.4, 0.5) is 0 Å². The van der Waals surface area contributed by atoms with E-state index in [4.69, 9.17) is 28.0 Å². The van der Waals surface area contributed by atoms with Crippen LogP contribution in [0.2, 0.25) is 0 Å². The molecule has 1 radical (unpaired) electrons. The molecule has 0 bridgehead atoms. The summed E-state index contributed by atoms with van der Waals surface area (Å²) in [6, 6.07) is 0. The molecule has 6 nitrogen and oxygen atoms in total. The van der Waals surface area contributed by atoms with E-state index in [0.717, 1.165) is 0 Å². The molecule has 0 saturated heterocycles. The van der Waals surface area contributed by atoms with Crippen LogP contribution in [0.25, 0.3) is 0 Å². The molecule has 0 saturated carbocycles. The fourth-order valence-electron chi connectivity index (χ4n) is 0. The van der Waals surface area contributed by atoms with Crippen molar-refractivity contribution in [2.24, 2.45) is 0 Å². The second kappa shape index (κ2) is 7.30. The third-order valence-electron chi connectivity index (χ3n) is 0. The van der Waals surface area contributed by atoms with E-state index in [9.17, 15) is 0 Å². The summed E-state index contributed by atoms with van der Waals surface area (Å²) in [4.78, 5) is 0. The van der Waals surface area contributed by atoms with Crippen LogP contribution in [0.3, 0.4) is 0 Å². The molecule has 0 aromatic rings. The molecule has 0 aliphatic carbocycles. The molecule has 2 N–H and O–H groups in total. The Morgan fingerprint density at radius 3 is 1.12 bits per heavy atom. The molecule has 8 heavy (non-hydrogen) atoms. The fourth-order valence-corrected chi connectivity index (χ4v) is 0. The van der Waals surface area contributed by atoms with Crippen LogP contribution in [0.5, 0.6) is 0 Å². The minimum atomic E-state index is -5.17. The van der Waals surface area contributed by atoms with E-state index in [-0.39, 0.29) is 16.8 Å². The van der Waals surface area contributed by atoms with Gasteiger partial charge in [0.2, 0.25) is 0 Å². The second-order valence-electron chi connectivity index (χ2n) is 0.408. The summed E-state index contributed by atoms with van der Waals surface area (Å²) in [6.07, 6.45) is 0. The monoisotopic (exact) mass is 189 g/mol. The van der Waals surface area contributed by atoms with E-state index in [1.165, 1.54) is 0 Å². The van der Waals surface area contributed by atoms with Crippen molar-refractivity contribution in [3.8, 4) is 0 Å².